The summed E-state index contributed by atoms with van der Waals surface area (Å²) >= 11 is 0. The average molecular weight is 276 g/mol. The lowest BCUT2D eigenvalue weighted by Gasteiger charge is -2.23. The summed E-state index contributed by atoms with van der Waals surface area (Å²) in [5.74, 6) is -1.48. The Kier molecular flexibility index (Phi) is 3.08. The molecule has 1 heterocycles. The van der Waals surface area contributed by atoms with Crippen LogP contribution in [0.3, 0.4) is 0 Å². The molecule has 2 N–H and O–H groups in total. The van der Waals surface area contributed by atoms with E-state index in [0.29, 0.717) is 11.5 Å². The first-order valence-corrected chi connectivity index (χ1v) is 6.67. The minimum atomic E-state index is -0.890. The van der Waals surface area contributed by atoms with Gasteiger partial charge in [0.25, 0.3) is 0 Å². The molecule has 2 aliphatic rings. The molecule has 0 aliphatic heterocycles. The molecule has 3 rings (SSSR count). The third-order valence-corrected chi connectivity index (χ3v) is 4.17. The number of aliphatic carboxylic acids is 1. The van der Waals surface area contributed by atoms with Crippen LogP contribution >= 0.6 is 0 Å². The molecule has 1 aromatic heterocycles. The monoisotopic (exact) mass is 276 g/mol. The zero-order chi connectivity index (χ0) is 14.3. The Morgan fingerprint density at radius 1 is 1.40 bits per heavy atom. The molecule has 1 aromatic rings. The van der Waals surface area contributed by atoms with E-state index in [1.165, 1.54) is 0 Å². The van der Waals surface area contributed by atoms with Gasteiger partial charge in [-0.1, -0.05) is 17.3 Å². The fourth-order valence-electron chi connectivity index (χ4n) is 3.31. The summed E-state index contributed by atoms with van der Waals surface area (Å²) in [6.07, 6.45) is 4.65. The van der Waals surface area contributed by atoms with Gasteiger partial charge >= 0.3 is 5.97 Å². The molecule has 6 nitrogen and oxygen atoms in total. The first kappa shape index (κ1) is 12.9. The highest BCUT2D eigenvalue weighted by atomic mass is 16.5. The Labute approximate surface area is 115 Å². The number of rotatable bonds is 4. The van der Waals surface area contributed by atoms with Gasteiger partial charge in [-0.3, -0.25) is 9.59 Å². The molecule has 0 aromatic carbocycles. The fraction of sp³-hybridized carbons (Fsp3) is 0.500. The normalized spacial score (nSPS) is 30.6. The summed E-state index contributed by atoms with van der Waals surface area (Å²) in [7, 11) is 0. The number of carboxylic acid groups (broad SMARTS) is 1. The predicted octanol–water partition coefficient (Wildman–Crippen LogP) is 1.12. The van der Waals surface area contributed by atoms with Gasteiger partial charge in [-0.25, -0.2) is 0 Å². The Balaban J connectivity index is 1.67. The number of hydrogen-bond donors (Lipinski definition) is 2. The van der Waals surface area contributed by atoms with Gasteiger partial charge in [-0.05, 0) is 25.2 Å². The average Bonchev–Trinajstić information content (AvgIpc) is 3.10. The third kappa shape index (κ3) is 2.11. The summed E-state index contributed by atoms with van der Waals surface area (Å²) in [5, 5.41) is 15.9. The van der Waals surface area contributed by atoms with Gasteiger partial charge in [0.05, 0.1) is 18.4 Å². The molecule has 0 radical (unpaired) electrons. The number of carboxylic acids is 1. The molecule has 1 saturated carbocycles. The van der Waals surface area contributed by atoms with Crippen LogP contribution in [0.4, 0.5) is 0 Å². The Morgan fingerprint density at radius 2 is 2.10 bits per heavy atom. The summed E-state index contributed by atoms with van der Waals surface area (Å²) in [4.78, 5) is 23.6. The van der Waals surface area contributed by atoms with E-state index in [1.54, 1.807) is 13.0 Å². The zero-order valence-corrected chi connectivity index (χ0v) is 11.1. The number of carbonyl (C=O) groups is 2. The van der Waals surface area contributed by atoms with Crippen LogP contribution in [0, 0.1) is 30.6 Å². The first-order chi connectivity index (χ1) is 9.56. The number of aromatic nitrogens is 1. The van der Waals surface area contributed by atoms with Crippen molar-refractivity contribution >= 4 is 11.9 Å². The number of hydrogen-bond acceptors (Lipinski definition) is 4. The smallest absolute Gasteiger partial charge is 0.307 e. The number of carbonyl (C=O) groups excluding carboxylic acids is 1. The largest absolute Gasteiger partial charge is 0.481 e. The third-order valence-electron chi connectivity index (χ3n) is 4.17. The van der Waals surface area contributed by atoms with Crippen molar-refractivity contribution in [3.8, 4) is 0 Å². The number of fused-ring (bicyclic) bond motifs is 2. The molecular formula is C14H16N2O4. The van der Waals surface area contributed by atoms with Crippen LogP contribution in [0.5, 0.6) is 0 Å². The van der Waals surface area contributed by atoms with Crippen molar-refractivity contribution in [3.05, 3.63) is 29.7 Å². The van der Waals surface area contributed by atoms with Gasteiger partial charge in [0.2, 0.25) is 5.91 Å². The van der Waals surface area contributed by atoms with Crippen LogP contribution < -0.4 is 5.32 Å². The Morgan fingerprint density at radius 3 is 2.70 bits per heavy atom. The SMILES string of the molecule is Cc1cc(CNC(=O)[C@H]2C3C=CC(C3)[C@H]2C(=O)O)no1. The topological polar surface area (TPSA) is 92.4 Å². The molecule has 2 unspecified atom stereocenters. The lowest BCUT2D eigenvalue weighted by molar-refractivity contribution is -0.147. The van der Waals surface area contributed by atoms with Gasteiger partial charge in [0, 0.05) is 6.07 Å². The van der Waals surface area contributed by atoms with Crippen LogP contribution in [0.1, 0.15) is 17.9 Å². The van der Waals surface area contributed by atoms with E-state index in [0.717, 1.165) is 6.42 Å². The highest BCUT2D eigenvalue weighted by Gasteiger charge is 2.51. The van der Waals surface area contributed by atoms with Crippen LogP contribution in [-0.2, 0) is 16.1 Å². The first-order valence-electron chi connectivity index (χ1n) is 6.67. The summed E-state index contributed by atoms with van der Waals surface area (Å²) in [6, 6.07) is 1.75. The highest BCUT2D eigenvalue weighted by molar-refractivity contribution is 5.86. The van der Waals surface area contributed by atoms with Crippen molar-refractivity contribution in [2.45, 2.75) is 19.9 Å². The number of allylic oxidation sites excluding steroid dienone is 2. The summed E-state index contributed by atoms with van der Waals surface area (Å²) < 4.78 is 4.92. The molecule has 0 spiro atoms. The van der Waals surface area contributed by atoms with E-state index < -0.39 is 17.8 Å². The summed E-state index contributed by atoms with van der Waals surface area (Å²) in [6.45, 7) is 2.04. The Bertz CT molecular complexity index is 577. The maximum absolute atomic E-state index is 12.3. The molecule has 6 heteroatoms. The van der Waals surface area contributed by atoms with Crippen LogP contribution in [0.2, 0.25) is 0 Å². The lowest BCUT2D eigenvalue weighted by Crippen LogP contribution is -2.39. The predicted molar refractivity (Wildman–Crippen MR) is 68.4 cm³/mol. The maximum Gasteiger partial charge on any atom is 0.307 e. The number of amides is 1. The number of nitrogens with zero attached hydrogens (tertiary/aromatic N) is 1. The molecule has 0 saturated heterocycles. The van der Waals surface area contributed by atoms with E-state index in [4.69, 9.17) is 4.52 Å². The van der Waals surface area contributed by atoms with E-state index in [9.17, 15) is 14.7 Å². The molecular weight excluding hydrogens is 260 g/mol. The van der Waals surface area contributed by atoms with Gasteiger partial charge in [-0.2, -0.15) is 0 Å². The highest BCUT2D eigenvalue weighted by Crippen LogP contribution is 2.48. The minimum Gasteiger partial charge on any atom is -0.481 e. The quantitative estimate of drug-likeness (QED) is 0.804. The second-order valence-electron chi connectivity index (χ2n) is 5.48. The van der Waals surface area contributed by atoms with Crippen LogP contribution in [-0.4, -0.2) is 22.1 Å². The molecule has 2 bridgehead atoms. The van der Waals surface area contributed by atoms with Gasteiger partial charge < -0.3 is 14.9 Å². The molecule has 1 amide bonds. The van der Waals surface area contributed by atoms with Gasteiger partial charge in [0.15, 0.2) is 0 Å². The van der Waals surface area contributed by atoms with Crippen molar-refractivity contribution in [1.29, 1.82) is 0 Å². The number of nitrogens with one attached hydrogen (secondary N) is 1. The van der Waals surface area contributed by atoms with Crippen molar-refractivity contribution in [2.24, 2.45) is 23.7 Å². The number of aryl methyl sites for hydroxylation is 1. The van der Waals surface area contributed by atoms with Crippen molar-refractivity contribution in [2.75, 3.05) is 0 Å². The van der Waals surface area contributed by atoms with Gasteiger partial charge in [-0.15, -0.1) is 0 Å². The van der Waals surface area contributed by atoms with Gasteiger partial charge in [0.1, 0.15) is 11.5 Å². The minimum absolute atomic E-state index is 0.0115. The Hall–Kier alpha value is -2.11. The molecule has 106 valence electrons. The second-order valence-corrected chi connectivity index (χ2v) is 5.48. The van der Waals surface area contributed by atoms with E-state index in [-0.39, 0.29) is 24.3 Å². The van der Waals surface area contributed by atoms with Crippen molar-refractivity contribution < 1.29 is 19.2 Å². The molecule has 20 heavy (non-hydrogen) atoms. The van der Waals surface area contributed by atoms with Crippen LogP contribution in [0.15, 0.2) is 22.7 Å². The molecule has 4 atom stereocenters. The van der Waals surface area contributed by atoms with Crippen molar-refractivity contribution in [3.63, 3.8) is 0 Å². The fourth-order valence-corrected chi connectivity index (χ4v) is 3.31. The standard InChI is InChI=1S/C14H16N2O4/c1-7-4-10(16-20-7)6-15-13(17)11-8-2-3-9(5-8)12(11)14(18)19/h2-4,8-9,11-12H,5-6H2,1H3,(H,15,17)(H,18,19)/t8?,9?,11-,12+/m0/s1. The van der Waals surface area contributed by atoms with E-state index in [2.05, 4.69) is 10.5 Å². The molecule has 1 fully saturated rings. The van der Waals surface area contributed by atoms with Crippen LogP contribution in [0.25, 0.3) is 0 Å². The molecule has 2 aliphatic carbocycles. The lowest BCUT2D eigenvalue weighted by atomic mass is 9.82. The van der Waals surface area contributed by atoms with E-state index >= 15 is 0 Å². The maximum atomic E-state index is 12.3. The van der Waals surface area contributed by atoms with Crippen molar-refractivity contribution in [1.82, 2.24) is 10.5 Å². The zero-order valence-electron chi connectivity index (χ0n) is 11.1. The van der Waals surface area contributed by atoms with E-state index in [1.807, 2.05) is 12.2 Å². The summed E-state index contributed by atoms with van der Waals surface area (Å²) in [5.41, 5.74) is 0.640. The second kappa shape index (κ2) is 4.77.